The first-order valence-corrected chi connectivity index (χ1v) is 5.31. The van der Waals surface area contributed by atoms with Crippen molar-refractivity contribution in [2.75, 3.05) is 5.32 Å². The van der Waals surface area contributed by atoms with Gasteiger partial charge in [-0.05, 0) is 19.9 Å². The van der Waals surface area contributed by atoms with Crippen molar-refractivity contribution in [3.05, 3.63) is 40.3 Å². The van der Waals surface area contributed by atoms with Crippen LogP contribution in [0, 0.1) is 13.8 Å². The molecule has 17 heavy (non-hydrogen) atoms. The van der Waals surface area contributed by atoms with Crippen molar-refractivity contribution in [1.29, 1.82) is 0 Å². The van der Waals surface area contributed by atoms with Crippen LogP contribution >= 0.6 is 11.6 Å². The summed E-state index contributed by atoms with van der Waals surface area (Å²) in [4.78, 5) is 15.8. The van der Waals surface area contributed by atoms with E-state index in [4.69, 9.17) is 16.1 Å². The lowest BCUT2D eigenvalue weighted by atomic mass is 10.2. The molecule has 5 nitrogen and oxygen atoms in total. The molecule has 0 saturated carbocycles. The molecule has 0 aliphatic carbocycles. The Morgan fingerprint density at radius 1 is 1.35 bits per heavy atom. The van der Waals surface area contributed by atoms with Crippen LogP contribution in [0.3, 0.4) is 0 Å². The van der Waals surface area contributed by atoms with Crippen LogP contribution in [0.2, 0.25) is 5.02 Å². The molecule has 0 spiro atoms. The number of carbonyl (C=O) groups excluding carboxylic acids is 1. The van der Waals surface area contributed by atoms with Gasteiger partial charge in [0.15, 0.2) is 0 Å². The van der Waals surface area contributed by atoms with E-state index in [-0.39, 0.29) is 11.8 Å². The van der Waals surface area contributed by atoms with Crippen LogP contribution in [-0.4, -0.2) is 16.0 Å². The first kappa shape index (κ1) is 11.6. The van der Waals surface area contributed by atoms with Gasteiger partial charge in [0, 0.05) is 18.0 Å². The maximum absolute atomic E-state index is 11.8. The van der Waals surface area contributed by atoms with E-state index in [9.17, 15) is 4.79 Å². The highest BCUT2D eigenvalue weighted by atomic mass is 35.5. The zero-order valence-corrected chi connectivity index (χ0v) is 10.1. The van der Waals surface area contributed by atoms with Gasteiger partial charge in [-0.2, -0.15) is 0 Å². The molecule has 2 aromatic rings. The number of nitrogens with one attached hydrogen (secondary N) is 1. The van der Waals surface area contributed by atoms with E-state index in [0.29, 0.717) is 16.3 Å². The number of hydrogen-bond acceptors (Lipinski definition) is 4. The van der Waals surface area contributed by atoms with Crippen LogP contribution < -0.4 is 5.32 Å². The van der Waals surface area contributed by atoms with Gasteiger partial charge in [-0.15, -0.1) is 0 Å². The van der Waals surface area contributed by atoms with Crippen LogP contribution in [0.5, 0.6) is 0 Å². The minimum absolute atomic E-state index is 0.282. The Morgan fingerprint density at radius 2 is 2.12 bits per heavy atom. The monoisotopic (exact) mass is 251 g/mol. The molecule has 88 valence electrons. The van der Waals surface area contributed by atoms with Gasteiger partial charge in [0.25, 0.3) is 5.91 Å². The summed E-state index contributed by atoms with van der Waals surface area (Å²) in [6.07, 6.45) is 1.43. The predicted octanol–water partition coefficient (Wildman–Crippen LogP) is 2.59. The average molecular weight is 252 g/mol. The summed E-state index contributed by atoms with van der Waals surface area (Å²) in [6.45, 7) is 3.56. The Kier molecular flexibility index (Phi) is 3.10. The second-order valence-corrected chi connectivity index (χ2v) is 4.00. The van der Waals surface area contributed by atoms with Gasteiger partial charge in [0.2, 0.25) is 5.88 Å². The number of rotatable bonds is 2. The molecule has 0 unspecified atom stereocenters. The molecule has 0 atom stereocenters. The molecule has 1 amide bonds. The van der Waals surface area contributed by atoms with Crippen molar-refractivity contribution in [3.8, 4) is 0 Å². The summed E-state index contributed by atoms with van der Waals surface area (Å²) in [7, 11) is 0. The SMILES string of the molecule is Cc1cc(Cl)c(C(=O)Nc2cc(C)no2)cn1. The number of hydrogen-bond donors (Lipinski definition) is 1. The van der Waals surface area contributed by atoms with Crippen molar-refractivity contribution in [2.24, 2.45) is 0 Å². The number of nitrogens with zero attached hydrogens (tertiary/aromatic N) is 2. The van der Waals surface area contributed by atoms with E-state index < -0.39 is 0 Å². The fourth-order valence-electron chi connectivity index (χ4n) is 1.30. The molecular weight excluding hydrogens is 242 g/mol. The number of aromatic nitrogens is 2. The summed E-state index contributed by atoms with van der Waals surface area (Å²) in [5.41, 5.74) is 1.74. The van der Waals surface area contributed by atoms with Gasteiger partial charge >= 0.3 is 0 Å². The smallest absolute Gasteiger partial charge is 0.261 e. The number of halogens is 1. The molecule has 2 heterocycles. The van der Waals surface area contributed by atoms with Crippen LogP contribution in [0.15, 0.2) is 22.9 Å². The molecule has 2 rings (SSSR count). The Bertz CT molecular complexity index is 566. The van der Waals surface area contributed by atoms with Crippen molar-refractivity contribution in [3.63, 3.8) is 0 Å². The minimum Gasteiger partial charge on any atom is -0.338 e. The van der Waals surface area contributed by atoms with E-state index in [2.05, 4.69) is 15.5 Å². The second kappa shape index (κ2) is 4.55. The molecule has 0 aliphatic heterocycles. The topological polar surface area (TPSA) is 68.0 Å². The van der Waals surface area contributed by atoms with Gasteiger partial charge in [-0.25, -0.2) is 0 Å². The predicted molar refractivity (Wildman–Crippen MR) is 63.2 cm³/mol. The first-order valence-electron chi connectivity index (χ1n) is 4.93. The highest BCUT2D eigenvalue weighted by Gasteiger charge is 2.13. The molecule has 0 radical (unpaired) electrons. The maximum atomic E-state index is 11.8. The number of amides is 1. The van der Waals surface area contributed by atoms with E-state index in [0.717, 1.165) is 5.69 Å². The Hall–Kier alpha value is -1.88. The average Bonchev–Trinajstić information content (AvgIpc) is 2.63. The second-order valence-electron chi connectivity index (χ2n) is 3.59. The molecule has 0 fully saturated rings. The van der Waals surface area contributed by atoms with Gasteiger partial charge < -0.3 is 4.52 Å². The van der Waals surface area contributed by atoms with E-state index >= 15 is 0 Å². The van der Waals surface area contributed by atoms with E-state index in [1.165, 1.54) is 6.20 Å². The summed E-state index contributed by atoms with van der Waals surface area (Å²) >= 11 is 5.95. The summed E-state index contributed by atoms with van der Waals surface area (Å²) in [6, 6.07) is 3.25. The fourth-order valence-corrected chi connectivity index (χ4v) is 1.59. The molecule has 0 aromatic carbocycles. The molecule has 1 N–H and O–H groups in total. The van der Waals surface area contributed by atoms with E-state index in [1.807, 2.05) is 0 Å². The Labute approximate surface area is 103 Å². The van der Waals surface area contributed by atoms with Crippen molar-refractivity contribution < 1.29 is 9.32 Å². The highest BCUT2D eigenvalue weighted by molar-refractivity contribution is 6.34. The number of anilines is 1. The fraction of sp³-hybridized carbons (Fsp3) is 0.182. The van der Waals surface area contributed by atoms with Gasteiger partial charge in [0.05, 0.1) is 16.3 Å². The van der Waals surface area contributed by atoms with E-state index in [1.54, 1.807) is 26.0 Å². The molecule has 6 heteroatoms. The quantitative estimate of drug-likeness (QED) is 0.891. The van der Waals surface area contributed by atoms with Crippen LogP contribution in [0.1, 0.15) is 21.7 Å². The summed E-state index contributed by atoms with van der Waals surface area (Å²) in [5, 5.41) is 6.56. The third kappa shape index (κ3) is 2.62. The molecular formula is C11H10ClN3O2. The zero-order chi connectivity index (χ0) is 12.4. The van der Waals surface area contributed by atoms with Crippen molar-refractivity contribution >= 4 is 23.4 Å². The lowest BCUT2D eigenvalue weighted by Crippen LogP contribution is -2.12. The molecule has 2 aromatic heterocycles. The highest BCUT2D eigenvalue weighted by Crippen LogP contribution is 2.17. The van der Waals surface area contributed by atoms with Crippen LogP contribution in [0.25, 0.3) is 0 Å². The van der Waals surface area contributed by atoms with Gasteiger partial charge in [-0.3, -0.25) is 15.1 Å². The lowest BCUT2D eigenvalue weighted by Gasteiger charge is -2.03. The third-order valence-corrected chi connectivity index (χ3v) is 2.41. The maximum Gasteiger partial charge on any atom is 0.261 e. The van der Waals surface area contributed by atoms with Gasteiger partial charge in [-0.1, -0.05) is 16.8 Å². The summed E-state index contributed by atoms with van der Waals surface area (Å²) in [5.74, 6) is -0.0946. The number of carbonyl (C=O) groups is 1. The largest absolute Gasteiger partial charge is 0.338 e. The number of aryl methyl sites for hydroxylation is 2. The third-order valence-electron chi connectivity index (χ3n) is 2.10. The van der Waals surface area contributed by atoms with Crippen molar-refractivity contribution in [1.82, 2.24) is 10.1 Å². The molecule has 0 bridgehead atoms. The standard InChI is InChI=1S/C11H10ClN3O2/c1-6-3-9(12)8(5-13-6)11(16)14-10-4-7(2)15-17-10/h3-5H,1-2H3,(H,14,16). The van der Waals surface area contributed by atoms with Crippen LogP contribution in [0.4, 0.5) is 5.88 Å². The normalized spacial score (nSPS) is 10.3. The molecule has 0 aliphatic rings. The molecule has 0 saturated heterocycles. The van der Waals surface area contributed by atoms with Gasteiger partial charge in [0.1, 0.15) is 0 Å². The van der Waals surface area contributed by atoms with Crippen LogP contribution in [-0.2, 0) is 0 Å². The summed E-state index contributed by atoms with van der Waals surface area (Å²) < 4.78 is 4.87. The van der Waals surface area contributed by atoms with Crippen molar-refractivity contribution in [2.45, 2.75) is 13.8 Å². The zero-order valence-electron chi connectivity index (χ0n) is 9.32. The lowest BCUT2D eigenvalue weighted by molar-refractivity contribution is 0.102. The number of pyridine rings is 1. The Balaban J connectivity index is 2.20. The first-order chi connectivity index (χ1) is 8.06. The minimum atomic E-state index is -0.376. The Morgan fingerprint density at radius 3 is 2.71 bits per heavy atom.